The lowest BCUT2D eigenvalue weighted by atomic mass is 10.1. The van der Waals surface area contributed by atoms with E-state index in [9.17, 15) is 0 Å². The minimum absolute atomic E-state index is 0.568. The van der Waals surface area contributed by atoms with E-state index >= 15 is 0 Å². The molecule has 0 atom stereocenters. The summed E-state index contributed by atoms with van der Waals surface area (Å²) in [4.78, 5) is 9.32. The van der Waals surface area contributed by atoms with Crippen molar-refractivity contribution in [2.24, 2.45) is 0 Å². The normalized spacial score (nSPS) is 13.6. The maximum atomic E-state index is 6.22. The highest BCUT2D eigenvalue weighted by atomic mass is 35.5. The lowest BCUT2D eigenvalue weighted by Crippen LogP contribution is -2.06. The summed E-state index contributed by atoms with van der Waals surface area (Å²) in [5.74, 6) is 0.791. The molecule has 1 aromatic heterocycles. The van der Waals surface area contributed by atoms with Gasteiger partial charge in [0.05, 0.1) is 5.69 Å². The molecule has 0 saturated heterocycles. The third-order valence-electron chi connectivity index (χ3n) is 3.55. The number of halogens is 2. The van der Waals surface area contributed by atoms with Crippen LogP contribution in [-0.4, -0.2) is 9.97 Å². The molecule has 1 aliphatic heterocycles. The summed E-state index contributed by atoms with van der Waals surface area (Å²) in [5.41, 5.74) is 4.37. The Labute approximate surface area is 128 Å². The number of rotatable bonds is 3. The first-order valence-corrected chi connectivity index (χ1v) is 7.45. The van der Waals surface area contributed by atoms with Crippen molar-refractivity contribution < 1.29 is 0 Å². The second-order valence-corrected chi connectivity index (χ2v) is 5.66. The standard InChI is InChI=1S/C15H15Cl2N3/c1-2-13-10-7-18-8-14(10)20-15(19-13)6-9-11(16)4-3-5-12(9)17/h3-5,18H,2,6-8H2,1H3. The van der Waals surface area contributed by atoms with Gasteiger partial charge in [-0.25, -0.2) is 9.97 Å². The second-order valence-electron chi connectivity index (χ2n) is 4.85. The van der Waals surface area contributed by atoms with Crippen molar-refractivity contribution in [3.63, 3.8) is 0 Å². The van der Waals surface area contributed by atoms with Crippen molar-refractivity contribution in [3.8, 4) is 0 Å². The summed E-state index contributed by atoms with van der Waals surface area (Å²) in [7, 11) is 0. The number of hydrogen-bond donors (Lipinski definition) is 1. The molecule has 3 rings (SSSR count). The first kappa shape index (κ1) is 13.8. The monoisotopic (exact) mass is 307 g/mol. The Bertz CT molecular complexity index is 636. The third kappa shape index (κ3) is 2.53. The van der Waals surface area contributed by atoms with Crippen LogP contribution in [0.2, 0.25) is 10.0 Å². The first-order chi connectivity index (χ1) is 9.69. The Hall–Kier alpha value is -1.16. The van der Waals surface area contributed by atoms with Crippen LogP contribution >= 0.6 is 23.2 Å². The van der Waals surface area contributed by atoms with Gasteiger partial charge in [-0.3, -0.25) is 0 Å². The van der Waals surface area contributed by atoms with Crippen LogP contribution in [0.3, 0.4) is 0 Å². The lowest BCUT2D eigenvalue weighted by Gasteiger charge is -2.10. The summed E-state index contributed by atoms with van der Waals surface area (Å²) < 4.78 is 0. The zero-order chi connectivity index (χ0) is 14.1. The van der Waals surface area contributed by atoms with Gasteiger partial charge in [-0.1, -0.05) is 36.2 Å². The quantitative estimate of drug-likeness (QED) is 0.942. The fourth-order valence-electron chi connectivity index (χ4n) is 2.53. The zero-order valence-electron chi connectivity index (χ0n) is 11.2. The topological polar surface area (TPSA) is 37.8 Å². The molecule has 5 heteroatoms. The van der Waals surface area contributed by atoms with Crippen LogP contribution < -0.4 is 5.32 Å². The van der Waals surface area contributed by atoms with Crippen LogP contribution in [0.4, 0.5) is 0 Å². The average molecular weight is 308 g/mol. The third-order valence-corrected chi connectivity index (χ3v) is 4.26. The Morgan fingerprint density at radius 1 is 1.15 bits per heavy atom. The van der Waals surface area contributed by atoms with Crippen LogP contribution in [0, 0.1) is 0 Å². The second kappa shape index (κ2) is 5.68. The van der Waals surface area contributed by atoms with Gasteiger partial charge < -0.3 is 5.32 Å². The van der Waals surface area contributed by atoms with Gasteiger partial charge in [0.1, 0.15) is 5.82 Å². The molecule has 2 aromatic rings. The molecule has 0 aliphatic carbocycles. The number of benzene rings is 1. The molecule has 0 bridgehead atoms. The van der Waals surface area contributed by atoms with Gasteiger partial charge in [0, 0.05) is 40.8 Å². The minimum Gasteiger partial charge on any atom is -0.307 e. The molecule has 0 radical (unpaired) electrons. The summed E-state index contributed by atoms with van der Waals surface area (Å²) >= 11 is 12.4. The van der Waals surface area contributed by atoms with Crippen molar-refractivity contribution in [1.82, 2.24) is 15.3 Å². The number of hydrogen-bond acceptors (Lipinski definition) is 3. The molecule has 0 saturated carbocycles. The van der Waals surface area contributed by atoms with Crippen LogP contribution in [0.25, 0.3) is 0 Å². The Morgan fingerprint density at radius 3 is 2.60 bits per heavy atom. The molecule has 1 N–H and O–H groups in total. The number of nitrogens with one attached hydrogen (secondary N) is 1. The van der Waals surface area contributed by atoms with Crippen molar-refractivity contribution >= 4 is 23.2 Å². The zero-order valence-corrected chi connectivity index (χ0v) is 12.7. The molecule has 20 heavy (non-hydrogen) atoms. The van der Waals surface area contributed by atoms with Crippen LogP contribution in [0.1, 0.15) is 35.3 Å². The van der Waals surface area contributed by atoms with E-state index < -0.39 is 0 Å². The van der Waals surface area contributed by atoms with E-state index in [0.29, 0.717) is 16.5 Å². The molecule has 0 amide bonds. The van der Waals surface area contributed by atoms with Gasteiger partial charge in [0.2, 0.25) is 0 Å². The van der Waals surface area contributed by atoms with Gasteiger partial charge >= 0.3 is 0 Å². The van der Waals surface area contributed by atoms with Crippen LogP contribution in [-0.2, 0) is 25.9 Å². The fraction of sp³-hybridized carbons (Fsp3) is 0.333. The van der Waals surface area contributed by atoms with E-state index in [2.05, 4.69) is 22.2 Å². The molecule has 0 fully saturated rings. The van der Waals surface area contributed by atoms with Crippen molar-refractivity contribution in [2.75, 3.05) is 0 Å². The molecule has 0 spiro atoms. The van der Waals surface area contributed by atoms with Crippen molar-refractivity contribution in [3.05, 3.63) is 56.6 Å². The molecular weight excluding hydrogens is 293 g/mol. The van der Waals surface area contributed by atoms with Crippen molar-refractivity contribution in [1.29, 1.82) is 0 Å². The lowest BCUT2D eigenvalue weighted by molar-refractivity contribution is 0.754. The average Bonchev–Trinajstić information content (AvgIpc) is 2.90. The van der Waals surface area contributed by atoms with Gasteiger partial charge in [0.25, 0.3) is 0 Å². The molecule has 1 aromatic carbocycles. The summed E-state index contributed by atoms with van der Waals surface area (Å²) in [6.07, 6.45) is 1.48. The number of fused-ring (bicyclic) bond motifs is 1. The van der Waals surface area contributed by atoms with Gasteiger partial charge in [-0.05, 0) is 24.1 Å². The largest absolute Gasteiger partial charge is 0.307 e. The van der Waals surface area contributed by atoms with E-state index in [0.717, 1.165) is 42.3 Å². The Kier molecular flexibility index (Phi) is 3.92. The highest BCUT2D eigenvalue weighted by Crippen LogP contribution is 2.27. The Balaban J connectivity index is 1.99. The summed E-state index contributed by atoms with van der Waals surface area (Å²) in [5, 5.41) is 4.65. The molecule has 1 aliphatic rings. The van der Waals surface area contributed by atoms with E-state index in [1.165, 1.54) is 5.56 Å². The maximum absolute atomic E-state index is 6.22. The van der Waals surface area contributed by atoms with E-state index in [4.69, 9.17) is 23.2 Å². The molecule has 2 heterocycles. The Morgan fingerprint density at radius 2 is 1.90 bits per heavy atom. The maximum Gasteiger partial charge on any atom is 0.133 e. The van der Waals surface area contributed by atoms with Gasteiger partial charge in [-0.2, -0.15) is 0 Å². The number of nitrogens with zero attached hydrogens (tertiary/aromatic N) is 2. The SMILES string of the molecule is CCc1nc(Cc2c(Cl)cccc2Cl)nc2c1CNC2. The molecule has 0 unspecified atom stereocenters. The summed E-state index contributed by atoms with van der Waals surface area (Å²) in [6, 6.07) is 5.54. The van der Waals surface area contributed by atoms with Crippen LogP contribution in [0.5, 0.6) is 0 Å². The highest BCUT2D eigenvalue weighted by molar-refractivity contribution is 6.36. The van der Waals surface area contributed by atoms with Gasteiger partial charge in [0.15, 0.2) is 0 Å². The minimum atomic E-state index is 0.568. The molecule has 3 nitrogen and oxygen atoms in total. The predicted octanol–water partition coefficient (Wildman–Crippen LogP) is 3.54. The molecule has 104 valence electrons. The van der Waals surface area contributed by atoms with E-state index in [-0.39, 0.29) is 0 Å². The van der Waals surface area contributed by atoms with Crippen molar-refractivity contribution in [2.45, 2.75) is 32.9 Å². The smallest absolute Gasteiger partial charge is 0.133 e. The van der Waals surface area contributed by atoms with Gasteiger partial charge in [-0.15, -0.1) is 0 Å². The number of aryl methyl sites for hydroxylation is 1. The number of aromatic nitrogens is 2. The highest BCUT2D eigenvalue weighted by Gasteiger charge is 2.18. The predicted molar refractivity (Wildman–Crippen MR) is 81.2 cm³/mol. The summed E-state index contributed by atoms with van der Waals surface area (Å²) in [6.45, 7) is 3.80. The fourth-order valence-corrected chi connectivity index (χ4v) is 3.06. The van der Waals surface area contributed by atoms with E-state index in [1.807, 2.05) is 18.2 Å². The first-order valence-electron chi connectivity index (χ1n) is 6.70. The van der Waals surface area contributed by atoms with Crippen LogP contribution in [0.15, 0.2) is 18.2 Å². The molecular formula is C15H15Cl2N3. The van der Waals surface area contributed by atoms with E-state index in [1.54, 1.807) is 0 Å².